The highest BCUT2D eigenvalue weighted by Crippen LogP contribution is 2.51. The summed E-state index contributed by atoms with van der Waals surface area (Å²) in [7, 11) is 0. The van der Waals surface area contributed by atoms with Crippen molar-refractivity contribution in [1.82, 2.24) is 59.1 Å². The molecule has 0 bridgehead atoms. The van der Waals surface area contributed by atoms with Gasteiger partial charge in [0.25, 0.3) is 0 Å². The minimum atomic E-state index is 0.810. The van der Waals surface area contributed by atoms with Crippen molar-refractivity contribution in [2.75, 3.05) is 0 Å². The maximum atomic E-state index is 4.80. The second kappa shape index (κ2) is 36.4. The highest BCUT2D eigenvalue weighted by molar-refractivity contribution is 6.28. The molecule has 0 radical (unpaired) electrons. The molecular formula is C136H90N12. The molecule has 0 saturated carbocycles. The molecule has 694 valence electrons. The highest BCUT2D eigenvalue weighted by atomic mass is 15.3. The number of hydrogen-bond acceptors (Lipinski definition) is 8. The van der Waals surface area contributed by atoms with E-state index in [-0.39, 0.29) is 0 Å². The first-order valence-corrected chi connectivity index (χ1v) is 50.6. The molecule has 4 aromatic heterocycles. The third-order valence-corrected chi connectivity index (χ3v) is 29.9. The maximum absolute atomic E-state index is 4.80. The van der Waals surface area contributed by atoms with Crippen LogP contribution in [0, 0.1) is 0 Å². The first-order valence-electron chi connectivity index (χ1n) is 50.6. The van der Waals surface area contributed by atoms with Gasteiger partial charge in [0, 0.05) is 67.0 Å². The van der Waals surface area contributed by atoms with Crippen LogP contribution >= 0.6 is 0 Å². The Morgan fingerprint density at radius 1 is 0.149 bits per heavy atom. The summed E-state index contributed by atoms with van der Waals surface area (Å²) in [6.07, 6.45) is 13.0. The van der Waals surface area contributed by atoms with Crippen LogP contribution in [-0.4, -0.2) is 59.1 Å². The van der Waals surface area contributed by atoms with Gasteiger partial charge in [-0.15, -0.1) is 40.8 Å². The monoisotopic (exact) mass is 1890 g/mol. The van der Waals surface area contributed by atoms with Crippen molar-refractivity contribution in [2.24, 2.45) is 0 Å². The fourth-order valence-electron chi connectivity index (χ4n) is 23.0. The van der Waals surface area contributed by atoms with Gasteiger partial charge in [-0.05, 0) is 215 Å². The Labute approximate surface area is 854 Å². The number of fused-ring (bicyclic) bond motifs is 2. The molecule has 12 heteroatoms. The summed E-state index contributed by atoms with van der Waals surface area (Å²) < 4.78 is 8.85. The van der Waals surface area contributed by atoms with E-state index in [1.54, 1.807) is 0 Å². The summed E-state index contributed by atoms with van der Waals surface area (Å²) in [5, 5.41) is 56.0. The van der Waals surface area contributed by atoms with Gasteiger partial charge >= 0.3 is 0 Å². The molecule has 0 fully saturated rings. The van der Waals surface area contributed by atoms with Crippen molar-refractivity contribution in [1.29, 1.82) is 0 Å². The van der Waals surface area contributed by atoms with E-state index in [2.05, 4.69) is 439 Å². The van der Waals surface area contributed by atoms with Crippen LogP contribution in [0.25, 0.3) is 223 Å². The smallest absolute Gasteiger partial charge is 0.168 e. The van der Waals surface area contributed by atoms with Crippen LogP contribution in [0.3, 0.4) is 0 Å². The van der Waals surface area contributed by atoms with Gasteiger partial charge in [-0.2, -0.15) is 0 Å². The third kappa shape index (κ3) is 15.0. The van der Waals surface area contributed by atoms with Crippen LogP contribution < -0.4 is 0 Å². The van der Waals surface area contributed by atoms with Crippen LogP contribution in [0.15, 0.2) is 497 Å². The molecule has 0 amide bonds. The zero-order chi connectivity index (χ0) is 97.6. The van der Waals surface area contributed by atoms with Crippen molar-refractivity contribution in [3.8, 4) is 125 Å². The average Bonchev–Trinajstić information content (AvgIpc) is 1.21. The molecule has 30 rings (SSSR count). The minimum absolute atomic E-state index is 0.810. The van der Waals surface area contributed by atoms with Gasteiger partial charge in [0.05, 0.1) is 11.4 Å². The standard InChI is InChI=1S/C50H34N6.C46H29N3.C40H27N3/c1-5-13-36(14-6-1)47-51-52-48(37-15-7-2-8-16-37)55(47)40-27-21-33(22-28-40)41-29-23-34-25-31-43-44(32-26-35-24-30-42(41)45(34)46(35)43)56-49(38-17-9-3-10-18-38)53-54-50(56)39-19-11-4-12-20-39;1-3-10-34(11-4-1)45-47-48-46(35-12-5-2-6-13-35)49(45)38-23-17-31(18-24-38)39-25-19-32-22-28-42-40(26-20-33-21-27-41(39)43(32)44(33)42)37-16-15-30-9-7-8-14-36(30)29-37;1-3-10-29(11-4-1)39-41-42-40(30-12-5-2-6-13-30)43(39)36-24-20-28-18-22-34-33(21-17-27-19-23-35(36)38(28)37(27)34)32-16-15-26-9-7-8-14-31(26)25-32/h1-22,24-25,27-32H,23,26H2;1-29H;1-16,18-19,21-25H,17,20H2. The predicted octanol–water partition coefficient (Wildman–Crippen LogP) is 32.5. The van der Waals surface area contributed by atoms with Crippen molar-refractivity contribution >= 4 is 97.9 Å². The highest BCUT2D eigenvalue weighted by Gasteiger charge is 2.32. The lowest BCUT2D eigenvalue weighted by molar-refractivity contribution is 1.07. The number of aromatic nitrogens is 12. The summed E-state index contributed by atoms with van der Waals surface area (Å²) in [5.74, 6) is 6.63. The van der Waals surface area contributed by atoms with Gasteiger partial charge in [-0.3, -0.25) is 18.3 Å². The summed E-state index contributed by atoms with van der Waals surface area (Å²) in [4.78, 5) is 0. The molecule has 0 aliphatic heterocycles. The van der Waals surface area contributed by atoms with E-state index in [0.29, 0.717) is 0 Å². The molecule has 4 aliphatic carbocycles. The van der Waals surface area contributed by atoms with E-state index in [0.717, 1.165) is 140 Å². The van der Waals surface area contributed by atoms with Gasteiger partial charge in [0.15, 0.2) is 46.6 Å². The van der Waals surface area contributed by atoms with Crippen molar-refractivity contribution < 1.29 is 0 Å². The number of hydrogen-bond donors (Lipinski definition) is 0. The SMILES string of the molecule is C1=C(c2ccc(-n3c(-c4ccccc4)nnc3-c3ccccc3)cc2)c2ccc3c4c(ccc(c24)C1)C(n1c(-c2ccccc2)nnc1-c1ccccc1)=CC3.C1=C(c2ccc3ccccc3c2)c2ccc3c4c(ccc(c24)C1)C(n1c(-c2ccccc2)nnc1-c1ccccc1)=CC3.c1ccc(-c2nnc(-c3ccccc3)n2-c2ccc(-c3ccc4ccc5c(-c6ccc7ccccc7c6)ccc6ccc3c4c65)cc2)cc1. The molecule has 0 unspecified atom stereocenters. The average molecular weight is 1890 g/mol. The second-order valence-corrected chi connectivity index (χ2v) is 38.3. The lowest BCUT2D eigenvalue weighted by atomic mass is 9.80. The number of rotatable bonds is 16. The minimum Gasteiger partial charge on any atom is -0.275 e. The molecule has 4 heterocycles. The van der Waals surface area contributed by atoms with E-state index in [1.165, 1.54) is 164 Å². The van der Waals surface area contributed by atoms with E-state index >= 15 is 0 Å². The first-order chi connectivity index (χ1) is 73.4. The lowest BCUT2D eigenvalue weighted by Gasteiger charge is -2.27. The molecule has 12 nitrogen and oxygen atoms in total. The van der Waals surface area contributed by atoms with Crippen LogP contribution in [-0.2, 0) is 25.7 Å². The van der Waals surface area contributed by atoms with Crippen LogP contribution in [0.5, 0.6) is 0 Å². The summed E-state index contributed by atoms with van der Waals surface area (Å²) in [6.45, 7) is 0. The van der Waals surface area contributed by atoms with Gasteiger partial charge in [-0.1, -0.05) is 461 Å². The molecule has 0 saturated heterocycles. The molecular weight excluding hydrogens is 1800 g/mol. The molecule has 22 aromatic carbocycles. The lowest BCUT2D eigenvalue weighted by Crippen LogP contribution is -2.11. The third-order valence-electron chi connectivity index (χ3n) is 29.9. The number of allylic oxidation sites excluding steroid dienone is 4. The zero-order valence-corrected chi connectivity index (χ0v) is 80.5. The Balaban J connectivity index is 0.000000108. The largest absolute Gasteiger partial charge is 0.275 e. The maximum Gasteiger partial charge on any atom is 0.168 e. The molecule has 0 spiro atoms. The van der Waals surface area contributed by atoms with E-state index < -0.39 is 0 Å². The Bertz CT molecular complexity index is 9610. The summed E-state index contributed by atoms with van der Waals surface area (Å²) in [6, 6.07) is 168. The van der Waals surface area contributed by atoms with Crippen LogP contribution in [0.4, 0.5) is 0 Å². The Morgan fingerprint density at radius 3 is 0.736 bits per heavy atom. The van der Waals surface area contributed by atoms with E-state index in [9.17, 15) is 0 Å². The summed E-state index contributed by atoms with van der Waals surface area (Å²) >= 11 is 0. The summed E-state index contributed by atoms with van der Waals surface area (Å²) in [5.41, 5.74) is 32.9. The fourth-order valence-corrected chi connectivity index (χ4v) is 23.0. The molecule has 0 N–H and O–H groups in total. The second-order valence-electron chi connectivity index (χ2n) is 38.3. The van der Waals surface area contributed by atoms with E-state index in [4.69, 9.17) is 20.4 Å². The first kappa shape index (κ1) is 86.3. The van der Waals surface area contributed by atoms with Crippen LogP contribution in [0.2, 0.25) is 0 Å². The molecule has 4 aliphatic rings. The topological polar surface area (TPSA) is 123 Å². The zero-order valence-electron chi connectivity index (χ0n) is 80.5. The van der Waals surface area contributed by atoms with Crippen molar-refractivity contribution in [3.63, 3.8) is 0 Å². The van der Waals surface area contributed by atoms with Crippen molar-refractivity contribution in [2.45, 2.75) is 25.7 Å². The quantitative estimate of drug-likeness (QED) is 0.0877. The van der Waals surface area contributed by atoms with Gasteiger partial charge in [-0.25, -0.2) is 0 Å². The van der Waals surface area contributed by atoms with Crippen molar-refractivity contribution in [3.05, 3.63) is 553 Å². The Hall–Kier alpha value is -19.6. The molecule has 148 heavy (non-hydrogen) atoms. The van der Waals surface area contributed by atoms with Gasteiger partial charge < -0.3 is 0 Å². The van der Waals surface area contributed by atoms with Gasteiger partial charge in [0.2, 0.25) is 0 Å². The predicted molar refractivity (Wildman–Crippen MR) is 606 cm³/mol. The van der Waals surface area contributed by atoms with Crippen LogP contribution in [0.1, 0.15) is 55.6 Å². The number of benzene rings is 22. The van der Waals surface area contributed by atoms with Gasteiger partial charge in [0.1, 0.15) is 0 Å². The fraction of sp³-hybridized carbons (Fsp3) is 0.0294. The molecule has 0 atom stereocenters. The van der Waals surface area contributed by atoms with E-state index in [1.807, 2.05) is 97.1 Å². The molecule has 26 aromatic rings. The Kier molecular flexibility index (Phi) is 21.3. The Morgan fingerprint density at radius 2 is 0.392 bits per heavy atom. The number of nitrogens with zero attached hydrogens (tertiary/aromatic N) is 12. The normalized spacial score (nSPS) is 12.8.